The summed E-state index contributed by atoms with van der Waals surface area (Å²) in [6, 6.07) is 14.9. The molecule has 162 valence electrons. The van der Waals surface area contributed by atoms with E-state index in [9.17, 15) is 9.90 Å². The number of aromatic nitrogens is 2. The lowest BCUT2D eigenvalue weighted by molar-refractivity contribution is 0.0761. The lowest BCUT2D eigenvalue weighted by atomic mass is 10.1. The molecule has 3 heterocycles. The van der Waals surface area contributed by atoms with Crippen molar-refractivity contribution in [3.8, 4) is 0 Å². The number of imidazole rings is 1. The fourth-order valence-electron chi connectivity index (χ4n) is 5.16. The van der Waals surface area contributed by atoms with Crippen LogP contribution in [-0.2, 0) is 6.54 Å². The van der Waals surface area contributed by atoms with Gasteiger partial charge in [0.2, 0.25) is 0 Å². The normalized spacial score (nSPS) is 21.9. The maximum Gasteiger partial charge on any atom is 0.253 e. The number of rotatable bonds is 5. The van der Waals surface area contributed by atoms with Gasteiger partial charge in [0, 0.05) is 37.3 Å². The van der Waals surface area contributed by atoms with Gasteiger partial charge in [-0.3, -0.25) is 9.69 Å². The SMILES string of the molecule is Cc1ccc2c(c1)ncn2Cc1ccc(C(=O)N2CCC(N3CCC[C@H]3CO)C2)cc1. The minimum absolute atomic E-state index is 0.109. The molecule has 2 saturated heterocycles. The highest BCUT2D eigenvalue weighted by Crippen LogP contribution is 2.26. The maximum atomic E-state index is 13.0. The van der Waals surface area contributed by atoms with Crippen LogP contribution in [0.3, 0.4) is 0 Å². The third-order valence-electron chi connectivity index (χ3n) is 6.88. The number of aliphatic hydroxyl groups excluding tert-OH is 1. The van der Waals surface area contributed by atoms with E-state index in [2.05, 4.69) is 39.6 Å². The van der Waals surface area contributed by atoms with Gasteiger partial charge < -0.3 is 14.6 Å². The third-order valence-corrected chi connectivity index (χ3v) is 6.88. The van der Waals surface area contributed by atoms with Gasteiger partial charge in [-0.25, -0.2) is 4.98 Å². The van der Waals surface area contributed by atoms with Gasteiger partial charge in [-0.15, -0.1) is 0 Å². The molecule has 0 saturated carbocycles. The molecule has 2 atom stereocenters. The van der Waals surface area contributed by atoms with Crippen molar-refractivity contribution in [2.24, 2.45) is 0 Å². The molecule has 2 fully saturated rings. The van der Waals surface area contributed by atoms with Gasteiger partial charge in [0.25, 0.3) is 5.91 Å². The topological polar surface area (TPSA) is 61.6 Å². The summed E-state index contributed by atoms with van der Waals surface area (Å²) >= 11 is 0. The van der Waals surface area contributed by atoms with Crippen molar-refractivity contribution in [2.75, 3.05) is 26.2 Å². The highest BCUT2D eigenvalue weighted by atomic mass is 16.3. The summed E-state index contributed by atoms with van der Waals surface area (Å²) in [6.45, 7) is 5.62. The molecular weight excluding hydrogens is 388 g/mol. The number of aliphatic hydroxyl groups is 1. The summed E-state index contributed by atoms with van der Waals surface area (Å²) in [6.07, 6.45) is 5.08. The first kappa shape index (κ1) is 20.2. The quantitative estimate of drug-likeness (QED) is 0.692. The number of fused-ring (bicyclic) bond motifs is 1. The van der Waals surface area contributed by atoms with E-state index in [1.54, 1.807) is 0 Å². The van der Waals surface area contributed by atoms with Crippen LogP contribution in [0.25, 0.3) is 11.0 Å². The van der Waals surface area contributed by atoms with E-state index >= 15 is 0 Å². The zero-order chi connectivity index (χ0) is 21.4. The number of likely N-dealkylation sites (tertiary alicyclic amines) is 2. The van der Waals surface area contributed by atoms with Crippen molar-refractivity contribution < 1.29 is 9.90 Å². The Morgan fingerprint density at radius 2 is 1.97 bits per heavy atom. The molecule has 6 heteroatoms. The summed E-state index contributed by atoms with van der Waals surface area (Å²) in [4.78, 5) is 21.9. The van der Waals surface area contributed by atoms with Crippen LogP contribution in [-0.4, -0.2) is 68.7 Å². The van der Waals surface area contributed by atoms with Crippen molar-refractivity contribution in [3.05, 3.63) is 65.5 Å². The Labute approximate surface area is 183 Å². The molecule has 1 N–H and O–H groups in total. The number of amides is 1. The van der Waals surface area contributed by atoms with Gasteiger partial charge in [0.1, 0.15) is 0 Å². The summed E-state index contributed by atoms with van der Waals surface area (Å²) in [5.41, 5.74) is 5.24. The lowest BCUT2D eigenvalue weighted by Crippen LogP contribution is -2.43. The molecule has 2 aliphatic rings. The monoisotopic (exact) mass is 418 g/mol. The second-order valence-electron chi connectivity index (χ2n) is 8.97. The van der Waals surface area contributed by atoms with Crippen molar-refractivity contribution in [1.29, 1.82) is 0 Å². The Balaban J connectivity index is 1.24. The fourth-order valence-corrected chi connectivity index (χ4v) is 5.16. The van der Waals surface area contributed by atoms with E-state index in [0.717, 1.165) is 67.6 Å². The maximum absolute atomic E-state index is 13.0. The molecule has 0 radical (unpaired) electrons. The number of benzene rings is 2. The molecule has 0 bridgehead atoms. The van der Waals surface area contributed by atoms with E-state index in [1.807, 2.05) is 35.5 Å². The minimum atomic E-state index is 0.109. The minimum Gasteiger partial charge on any atom is -0.395 e. The molecule has 1 unspecified atom stereocenters. The van der Waals surface area contributed by atoms with Gasteiger partial charge in [0.15, 0.2) is 0 Å². The first-order valence-electron chi connectivity index (χ1n) is 11.3. The Morgan fingerprint density at radius 1 is 1.13 bits per heavy atom. The summed E-state index contributed by atoms with van der Waals surface area (Å²) < 4.78 is 2.14. The second-order valence-corrected chi connectivity index (χ2v) is 8.97. The van der Waals surface area contributed by atoms with Gasteiger partial charge in [-0.05, 0) is 68.1 Å². The average molecular weight is 419 g/mol. The fraction of sp³-hybridized carbons (Fsp3) is 0.440. The average Bonchev–Trinajstić information content (AvgIpc) is 3.53. The highest BCUT2D eigenvalue weighted by Gasteiger charge is 2.36. The summed E-state index contributed by atoms with van der Waals surface area (Å²) in [5, 5.41) is 9.61. The van der Waals surface area contributed by atoms with Gasteiger partial charge in [-0.2, -0.15) is 0 Å². The van der Waals surface area contributed by atoms with Gasteiger partial charge in [-0.1, -0.05) is 18.2 Å². The Bertz CT molecular complexity index is 1070. The van der Waals surface area contributed by atoms with Crippen LogP contribution in [0.4, 0.5) is 0 Å². The number of aryl methyl sites for hydroxylation is 1. The first-order valence-corrected chi connectivity index (χ1v) is 11.3. The molecule has 31 heavy (non-hydrogen) atoms. The molecule has 6 nitrogen and oxygen atoms in total. The predicted octanol–water partition coefficient (Wildman–Crippen LogP) is 3.06. The number of hydrogen-bond donors (Lipinski definition) is 1. The largest absolute Gasteiger partial charge is 0.395 e. The van der Waals surface area contributed by atoms with Gasteiger partial charge in [0.05, 0.1) is 24.0 Å². The Hall–Kier alpha value is -2.70. The second kappa shape index (κ2) is 8.44. The summed E-state index contributed by atoms with van der Waals surface area (Å²) in [5.74, 6) is 0.109. The third kappa shape index (κ3) is 3.98. The highest BCUT2D eigenvalue weighted by molar-refractivity contribution is 5.94. The van der Waals surface area contributed by atoms with Crippen LogP contribution in [0.1, 0.15) is 40.7 Å². The standard InChI is InChI=1S/C25H30N4O2/c1-18-4-9-24-23(13-18)26-17-28(24)14-19-5-7-20(8-6-19)25(31)27-12-10-21(15-27)29-11-2-3-22(29)16-30/h4-9,13,17,21-22,30H,2-3,10-12,14-16H2,1H3/t21?,22-/m0/s1. The molecule has 2 aliphatic heterocycles. The zero-order valence-corrected chi connectivity index (χ0v) is 18.1. The molecule has 0 spiro atoms. The molecule has 1 aromatic heterocycles. The molecule has 5 rings (SSSR count). The Kier molecular flexibility index (Phi) is 5.50. The lowest BCUT2D eigenvalue weighted by Gasteiger charge is -2.29. The van der Waals surface area contributed by atoms with Crippen molar-refractivity contribution >= 4 is 16.9 Å². The van der Waals surface area contributed by atoms with Crippen molar-refractivity contribution in [2.45, 2.75) is 44.8 Å². The molecule has 1 amide bonds. The predicted molar refractivity (Wildman–Crippen MR) is 121 cm³/mol. The van der Waals surface area contributed by atoms with Crippen LogP contribution in [0.5, 0.6) is 0 Å². The number of carbonyl (C=O) groups excluding carboxylic acids is 1. The molecular formula is C25H30N4O2. The van der Waals surface area contributed by atoms with E-state index in [0.29, 0.717) is 6.04 Å². The molecule has 2 aromatic carbocycles. The van der Waals surface area contributed by atoms with Crippen molar-refractivity contribution in [3.63, 3.8) is 0 Å². The smallest absolute Gasteiger partial charge is 0.253 e. The molecule has 0 aliphatic carbocycles. The van der Waals surface area contributed by atoms with E-state index in [1.165, 1.54) is 5.56 Å². The zero-order valence-electron chi connectivity index (χ0n) is 18.1. The first-order chi connectivity index (χ1) is 15.1. The van der Waals surface area contributed by atoms with Crippen molar-refractivity contribution in [1.82, 2.24) is 19.4 Å². The molecule has 3 aromatic rings. The van der Waals surface area contributed by atoms with E-state index in [-0.39, 0.29) is 18.6 Å². The van der Waals surface area contributed by atoms with Crippen LogP contribution < -0.4 is 0 Å². The van der Waals surface area contributed by atoms with Gasteiger partial charge >= 0.3 is 0 Å². The number of nitrogens with zero attached hydrogens (tertiary/aromatic N) is 4. The van der Waals surface area contributed by atoms with Crippen LogP contribution in [0.15, 0.2) is 48.8 Å². The van der Waals surface area contributed by atoms with Crippen LogP contribution >= 0.6 is 0 Å². The summed E-state index contributed by atoms with van der Waals surface area (Å²) in [7, 11) is 0. The van der Waals surface area contributed by atoms with E-state index in [4.69, 9.17) is 0 Å². The van der Waals surface area contributed by atoms with Crippen LogP contribution in [0.2, 0.25) is 0 Å². The van der Waals surface area contributed by atoms with E-state index < -0.39 is 0 Å². The Morgan fingerprint density at radius 3 is 2.77 bits per heavy atom. The number of hydrogen-bond acceptors (Lipinski definition) is 4. The van der Waals surface area contributed by atoms with Crippen LogP contribution in [0, 0.1) is 6.92 Å². The number of carbonyl (C=O) groups is 1.